The normalized spacial score (nSPS) is 22.8. The van der Waals surface area contributed by atoms with E-state index in [0.717, 1.165) is 5.06 Å². The van der Waals surface area contributed by atoms with E-state index in [0.29, 0.717) is 19.4 Å². The standard InChI is InChI=1S/C22H34N6O7/c1-21(2,3)34-19(30)25-9-14(10-25)26(20(31)35-22(4,5)6)12-16-23-24-17(33-16)15-8-7-13-11-27(15)18(29)28(13)32/h13-15,32H,7-12H2,1-6H3/t13-,15-/m0/s1. The third-order valence-electron chi connectivity index (χ3n) is 6.00. The van der Waals surface area contributed by atoms with Gasteiger partial charge < -0.3 is 23.7 Å². The van der Waals surface area contributed by atoms with Crippen LogP contribution >= 0.6 is 0 Å². The van der Waals surface area contributed by atoms with E-state index in [1.807, 2.05) is 0 Å². The molecule has 1 aromatic heterocycles. The SMILES string of the molecule is CC(C)(C)OC(=O)N1CC(N(Cc2nnc([C@@H]3CC[C@H]4CN3C(=O)N4O)o2)C(=O)OC(C)(C)C)C1. The van der Waals surface area contributed by atoms with Crippen LogP contribution < -0.4 is 0 Å². The summed E-state index contributed by atoms with van der Waals surface area (Å²) >= 11 is 0. The Kier molecular flexibility index (Phi) is 6.32. The van der Waals surface area contributed by atoms with E-state index in [2.05, 4.69) is 10.2 Å². The first-order valence-corrected chi connectivity index (χ1v) is 11.8. The van der Waals surface area contributed by atoms with E-state index in [9.17, 15) is 19.6 Å². The maximum absolute atomic E-state index is 13.0. The second kappa shape index (κ2) is 8.85. The summed E-state index contributed by atoms with van der Waals surface area (Å²) in [5.41, 5.74) is -1.33. The summed E-state index contributed by atoms with van der Waals surface area (Å²) < 4.78 is 16.8. The van der Waals surface area contributed by atoms with Crippen molar-refractivity contribution >= 4 is 18.2 Å². The summed E-state index contributed by atoms with van der Waals surface area (Å²) in [4.78, 5) is 42.1. The number of nitrogens with zero attached hydrogens (tertiary/aromatic N) is 6. The summed E-state index contributed by atoms with van der Waals surface area (Å²) in [7, 11) is 0. The lowest BCUT2D eigenvalue weighted by Crippen LogP contribution is -2.63. The molecule has 3 aliphatic rings. The van der Waals surface area contributed by atoms with Gasteiger partial charge in [0.1, 0.15) is 23.8 Å². The molecule has 1 aromatic rings. The van der Waals surface area contributed by atoms with Gasteiger partial charge in [0.15, 0.2) is 0 Å². The van der Waals surface area contributed by atoms with E-state index in [1.165, 1.54) is 14.7 Å². The first-order valence-electron chi connectivity index (χ1n) is 11.8. The molecule has 194 valence electrons. The highest BCUT2D eigenvalue weighted by molar-refractivity contribution is 5.76. The number of likely N-dealkylation sites (tertiary alicyclic amines) is 1. The van der Waals surface area contributed by atoms with Crippen LogP contribution in [0.3, 0.4) is 0 Å². The molecule has 0 aliphatic carbocycles. The van der Waals surface area contributed by atoms with Crippen LogP contribution in [-0.4, -0.2) is 96.3 Å². The lowest BCUT2D eigenvalue weighted by atomic mass is 10.0. The number of ether oxygens (including phenoxy) is 2. The third-order valence-corrected chi connectivity index (χ3v) is 6.00. The summed E-state index contributed by atoms with van der Waals surface area (Å²) in [5.74, 6) is 0.450. The zero-order valence-corrected chi connectivity index (χ0v) is 21.1. The number of hydrogen-bond acceptors (Lipinski definition) is 9. The molecule has 1 N–H and O–H groups in total. The third kappa shape index (κ3) is 5.44. The molecule has 35 heavy (non-hydrogen) atoms. The predicted molar refractivity (Wildman–Crippen MR) is 119 cm³/mol. The molecule has 0 radical (unpaired) electrons. The molecule has 3 saturated heterocycles. The molecule has 4 heterocycles. The van der Waals surface area contributed by atoms with Crippen molar-refractivity contribution in [2.75, 3.05) is 19.6 Å². The second-order valence-corrected chi connectivity index (χ2v) is 11.2. The molecular weight excluding hydrogens is 460 g/mol. The van der Waals surface area contributed by atoms with Crippen LogP contribution in [0.15, 0.2) is 4.42 Å². The topological polar surface area (TPSA) is 142 Å². The average molecular weight is 495 g/mol. The van der Waals surface area contributed by atoms with Crippen molar-refractivity contribution in [1.29, 1.82) is 0 Å². The van der Waals surface area contributed by atoms with Gasteiger partial charge in [0.2, 0.25) is 11.8 Å². The van der Waals surface area contributed by atoms with E-state index in [4.69, 9.17) is 13.9 Å². The number of urea groups is 1. The quantitative estimate of drug-likeness (QED) is 0.625. The monoisotopic (exact) mass is 494 g/mol. The number of hydroxylamine groups is 2. The Morgan fingerprint density at radius 2 is 1.71 bits per heavy atom. The molecule has 2 bridgehead atoms. The fourth-order valence-electron chi connectivity index (χ4n) is 4.31. The van der Waals surface area contributed by atoms with E-state index in [-0.39, 0.29) is 43.5 Å². The fraction of sp³-hybridized carbons (Fsp3) is 0.773. The smallest absolute Gasteiger partial charge is 0.411 e. The number of piperidine rings is 1. The minimum Gasteiger partial charge on any atom is -0.444 e. The van der Waals surface area contributed by atoms with Crippen LogP contribution in [0, 0.1) is 0 Å². The fourth-order valence-corrected chi connectivity index (χ4v) is 4.31. The second-order valence-electron chi connectivity index (χ2n) is 11.2. The van der Waals surface area contributed by atoms with E-state index >= 15 is 0 Å². The molecule has 13 nitrogen and oxygen atoms in total. The Hall–Kier alpha value is -3.09. The lowest BCUT2D eigenvalue weighted by molar-refractivity contribution is -0.0584. The molecule has 0 saturated carbocycles. The van der Waals surface area contributed by atoms with Crippen LogP contribution in [0.4, 0.5) is 14.4 Å². The van der Waals surface area contributed by atoms with E-state index in [1.54, 1.807) is 41.5 Å². The van der Waals surface area contributed by atoms with Gasteiger partial charge in [0.05, 0.1) is 12.1 Å². The largest absolute Gasteiger partial charge is 0.444 e. The summed E-state index contributed by atoms with van der Waals surface area (Å²) in [6.45, 7) is 11.7. The Bertz CT molecular complexity index is 978. The number of amides is 4. The Balaban J connectivity index is 1.45. The first kappa shape index (κ1) is 25.0. The molecule has 4 rings (SSSR count). The minimum atomic E-state index is -0.713. The van der Waals surface area contributed by atoms with Crippen LogP contribution in [0.1, 0.15) is 72.2 Å². The maximum atomic E-state index is 13.0. The van der Waals surface area contributed by atoms with Gasteiger partial charge in [-0.25, -0.2) is 19.4 Å². The van der Waals surface area contributed by atoms with Crippen LogP contribution in [0.5, 0.6) is 0 Å². The Morgan fingerprint density at radius 3 is 2.34 bits per heavy atom. The number of hydrogen-bond donors (Lipinski definition) is 1. The highest BCUT2D eigenvalue weighted by atomic mass is 16.6. The van der Waals surface area contributed by atoms with Crippen LogP contribution in [0.25, 0.3) is 0 Å². The Morgan fingerprint density at radius 1 is 1.06 bits per heavy atom. The van der Waals surface area contributed by atoms with Gasteiger partial charge in [-0.15, -0.1) is 10.2 Å². The van der Waals surface area contributed by atoms with Gasteiger partial charge in [-0.3, -0.25) is 10.1 Å². The molecule has 3 fully saturated rings. The number of fused-ring (bicyclic) bond motifs is 2. The number of carbonyl (C=O) groups is 3. The maximum Gasteiger partial charge on any atom is 0.411 e. The van der Waals surface area contributed by atoms with Crippen molar-refractivity contribution in [3.63, 3.8) is 0 Å². The van der Waals surface area contributed by atoms with Crippen molar-refractivity contribution in [3.8, 4) is 0 Å². The highest BCUT2D eigenvalue weighted by Gasteiger charge is 2.47. The zero-order chi connectivity index (χ0) is 25.7. The summed E-state index contributed by atoms with van der Waals surface area (Å²) in [5, 5.41) is 18.9. The van der Waals surface area contributed by atoms with Crippen molar-refractivity contribution < 1.29 is 33.5 Å². The lowest BCUT2D eigenvalue weighted by Gasteiger charge is -2.44. The molecule has 13 heteroatoms. The van der Waals surface area contributed by atoms with Crippen molar-refractivity contribution in [3.05, 3.63) is 11.8 Å². The van der Waals surface area contributed by atoms with Crippen molar-refractivity contribution in [1.82, 2.24) is 30.0 Å². The predicted octanol–water partition coefficient (Wildman–Crippen LogP) is 2.76. The molecule has 0 unspecified atom stereocenters. The van der Waals surface area contributed by atoms with Gasteiger partial charge in [0.25, 0.3) is 0 Å². The molecule has 0 spiro atoms. The van der Waals surface area contributed by atoms with Gasteiger partial charge in [-0.1, -0.05) is 0 Å². The molecule has 0 aromatic carbocycles. The molecule has 2 atom stereocenters. The molecule has 4 amide bonds. The van der Waals surface area contributed by atoms with Crippen molar-refractivity contribution in [2.45, 2.75) is 90.3 Å². The van der Waals surface area contributed by atoms with Crippen LogP contribution in [0.2, 0.25) is 0 Å². The highest BCUT2D eigenvalue weighted by Crippen LogP contribution is 2.37. The number of carbonyl (C=O) groups excluding carboxylic acids is 3. The summed E-state index contributed by atoms with van der Waals surface area (Å²) in [6, 6.07) is -1.45. The van der Waals surface area contributed by atoms with Crippen LogP contribution in [-0.2, 0) is 16.0 Å². The van der Waals surface area contributed by atoms with Gasteiger partial charge in [0, 0.05) is 19.6 Å². The van der Waals surface area contributed by atoms with E-state index < -0.39 is 35.5 Å². The van der Waals surface area contributed by atoms with Gasteiger partial charge in [-0.05, 0) is 54.4 Å². The molecular formula is C22H34N6O7. The van der Waals surface area contributed by atoms with Crippen molar-refractivity contribution in [2.24, 2.45) is 0 Å². The summed E-state index contributed by atoms with van der Waals surface area (Å²) in [6.07, 6.45) is 0.200. The minimum absolute atomic E-state index is 0.00977. The average Bonchev–Trinajstić information content (AvgIpc) is 3.23. The number of aromatic nitrogens is 2. The Labute approximate surface area is 203 Å². The zero-order valence-electron chi connectivity index (χ0n) is 21.1. The van der Waals surface area contributed by atoms with Gasteiger partial charge in [-0.2, -0.15) is 0 Å². The number of rotatable bonds is 4. The molecule has 3 aliphatic heterocycles. The van der Waals surface area contributed by atoms with Gasteiger partial charge >= 0.3 is 18.2 Å². The first-order chi connectivity index (χ1) is 16.2.